The van der Waals surface area contributed by atoms with Crippen molar-refractivity contribution < 1.29 is 29.1 Å². The molecule has 0 atom stereocenters. The lowest BCUT2D eigenvalue weighted by molar-refractivity contribution is -0.385. The quantitative estimate of drug-likeness (QED) is 0.291. The number of phenols is 1. The molecule has 1 aromatic rings. The number of nitrogens with zero attached hydrogens (tertiary/aromatic N) is 1. The van der Waals surface area contributed by atoms with E-state index in [2.05, 4.69) is 0 Å². The largest absolute Gasteiger partial charge is 0.507 e. The van der Waals surface area contributed by atoms with Crippen LogP contribution in [-0.2, 0) is 19.1 Å². The van der Waals surface area contributed by atoms with E-state index in [1.807, 2.05) is 0 Å². The highest BCUT2D eigenvalue weighted by Crippen LogP contribution is 2.31. The Hall–Kier alpha value is -2.90. The number of ether oxygens (including phenoxy) is 2. The summed E-state index contributed by atoms with van der Waals surface area (Å²) < 4.78 is 9.81. The van der Waals surface area contributed by atoms with Crippen molar-refractivity contribution in [1.82, 2.24) is 0 Å². The third-order valence-corrected chi connectivity index (χ3v) is 2.96. The number of hydrogen-bond acceptors (Lipinski definition) is 7. The Kier molecular flexibility index (Phi) is 3.62. The number of esters is 2. The van der Waals surface area contributed by atoms with E-state index < -0.39 is 28.2 Å². The smallest absolute Gasteiger partial charge is 0.348 e. The minimum Gasteiger partial charge on any atom is -0.507 e. The summed E-state index contributed by atoms with van der Waals surface area (Å²) >= 11 is 0. The first-order chi connectivity index (χ1) is 10.1. The number of carbonyl (C=O) groups excluding carboxylic acids is 2. The van der Waals surface area contributed by atoms with E-state index in [0.717, 1.165) is 12.1 Å². The van der Waals surface area contributed by atoms with E-state index in [9.17, 15) is 24.8 Å². The molecule has 1 aliphatic heterocycles. The van der Waals surface area contributed by atoms with Crippen LogP contribution in [0.3, 0.4) is 0 Å². The van der Waals surface area contributed by atoms with Gasteiger partial charge in [-0.2, -0.15) is 0 Å². The fourth-order valence-electron chi connectivity index (χ4n) is 1.94. The van der Waals surface area contributed by atoms with E-state index in [1.54, 1.807) is 0 Å². The fourth-order valence-corrected chi connectivity index (χ4v) is 1.94. The molecule has 0 unspecified atom stereocenters. The molecule has 1 fully saturated rings. The number of nitro benzene ring substituents is 1. The summed E-state index contributed by atoms with van der Waals surface area (Å²) in [5.74, 6) is -3.54. The van der Waals surface area contributed by atoms with Crippen LogP contribution in [0, 0.1) is 17.0 Å². The molecule has 1 aromatic carbocycles. The Morgan fingerprint density at radius 1 is 1.23 bits per heavy atom. The van der Waals surface area contributed by atoms with Gasteiger partial charge in [0.05, 0.1) is 4.92 Å². The summed E-state index contributed by atoms with van der Waals surface area (Å²) in [7, 11) is 0. The SMILES string of the molecule is Cc1cc(O)c(C=C2C(=O)OC(C)(C)OC2=O)cc1[N+](=O)[O-]. The maximum Gasteiger partial charge on any atom is 0.348 e. The molecule has 0 spiro atoms. The number of aromatic hydroxyl groups is 1. The van der Waals surface area contributed by atoms with Crippen molar-refractivity contribution >= 4 is 23.7 Å². The van der Waals surface area contributed by atoms with Crippen molar-refractivity contribution in [3.63, 3.8) is 0 Å². The van der Waals surface area contributed by atoms with Crippen LogP contribution in [0.1, 0.15) is 25.0 Å². The maximum atomic E-state index is 11.8. The first-order valence-corrected chi connectivity index (χ1v) is 6.27. The van der Waals surface area contributed by atoms with Gasteiger partial charge in [-0.25, -0.2) is 9.59 Å². The number of phenolic OH excluding ortho intramolecular Hbond substituents is 1. The minimum absolute atomic E-state index is 0.0547. The van der Waals surface area contributed by atoms with Crippen LogP contribution in [0.4, 0.5) is 5.69 Å². The van der Waals surface area contributed by atoms with Crippen LogP contribution < -0.4 is 0 Å². The summed E-state index contributed by atoms with van der Waals surface area (Å²) in [5.41, 5.74) is -0.504. The van der Waals surface area contributed by atoms with Crippen molar-refractivity contribution in [2.45, 2.75) is 26.6 Å². The zero-order chi connectivity index (χ0) is 16.7. The summed E-state index contributed by atoms with van der Waals surface area (Å²) in [4.78, 5) is 33.9. The van der Waals surface area contributed by atoms with Gasteiger partial charge >= 0.3 is 11.9 Å². The topological polar surface area (TPSA) is 116 Å². The molecule has 0 saturated carbocycles. The van der Waals surface area contributed by atoms with Crippen molar-refractivity contribution in [3.8, 4) is 5.75 Å². The average Bonchev–Trinajstić information content (AvgIpc) is 2.34. The van der Waals surface area contributed by atoms with Crippen LogP contribution in [-0.4, -0.2) is 27.8 Å². The van der Waals surface area contributed by atoms with Gasteiger partial charge in [0.25, 0.3) is 11.5 Å². The molecule has 8 heteroatoms. The van der Waals surface area contributed by atoms with E-state index in [-0.39, 0.29) is 22.6 Å². The number of carbonyl (C=O) groups is 2. The van der Waals surface area contributed by atoms with Gasteiger partial charge < -0.3 is 14.6 Å². The van der Waals surface area contributed by atoms with Gasteiger partial charge in [0.2, 0.25) is 0 Å². The summed E-state index contributed by atoms with van der Waals surface area (Å²) in [6, 6.07) is 2.24. The molecule has 116 valence electrons. The lowest BCUT2D eigenvalue weighted by atomic mass is 10.1. The van der Waals surface area contributed by atoms with E-state index in [1.165, 1.54) is 26.8 Å². The average molecular weight is 307 g/mol. The third-order valence-electron chi connectivity index (χ3n) is 2.96. The zero-order valence-corrected chi connectivity index (χ0v) is 12.1. The van der Waals surface area contributed by atoms with E-state index >= 15 is 0 Å². The second kappa shape index (κ2) is 5.14. The van der Waals surface area contributed by atoms with E-state index in [0.29, 0.717) is 0 Å². The Morgan fingerprint density at radius 3 is 2.27 bits per heavy atom. The predicted molar refractivity (Wildman–Crippen MR) is 73.7 cm³/mol. The molecule has 1 saturated heterocycles. The Balaban J connectivity index is 2.49. The summed E-state index contributed by atoms with van der Waals surface area (Å²) in [5, 5.41) is 20.7. The molecule has 0 aliphatic carbocycles. The number of rotatable bonds is 2. The maximum absolute atomic E-state index is 11.8. The second-order valence-corrected chi connectivity index (χ2v) is 5.19. The summed E-state index contributed by atoms with van der Waals surface area (Å²) in [6.07, 6.45) is 1.00. The van der Waals surface area contributed by atoms with Gasteiger partial charge in [-0.3, -0.25) is 10.1 Å². The van der Waals surface area contributed by atoms with E-state index in [4.69, 9.17) is 9.47 Å². The zero-order valence-electron chi connectivity index (χ0n) is 12.1. The highest BCUT2D eigenvalue weighted by atomic mass is 16.7. The number of hydrogen-bond donors (Lipinski definition) is 1. The molecule has 0 aromatic heterocycles. The molecule has 2 rings (SSSR count). The molecular formula is C14H13NO7. The van der Waals surface area contributed by atoms with Gasteiger partial charge in [0, 0.05) is 31.0 Å². The third kappa shape index (κ3) is 2.90. The highest BCUT2D eigenvalue weighted by molar-refractivity contribution is 6.19. The Morgan fingerprint density at radius 2 is 1.77 bits per heavy atom. The standard InChI is InChI=1S/C14H13NO7/c1-7-4-11(16)8(6-10(7)15(19)20)5-9-12(17)21-14(2,3)22-13(9)18/h4-6,16H,1-3H3. The summed E-state index contributed by atoms with van der Waals surface area (Å²) in [6.45, 7) is 4.25. The fraction of sp³-hybridized carbons (Fsp3) is 0.286. The Bertz CT molecular complexity index is 696. The van der Waals surface area contributed by atoms with Crippen molar-refractivity contribution in [2.24, 2.45) is 0 Å². The van der Waals surface area contributed by atoms with Gasteiger partial charge in [0.1, 0.15) is 11.3 Å². The minimum atomic E-state index is -1.38. The number of nitro groups is 1. The molecule has 0 bridgehead atoms. The number of cyclic esters (lactones) is 2. The predicted octanol–water partition coefficient (Wildman–Crippen LogP) is 1.83. The van der Waals surface area contributed by atoms with Crippen molar-refractivity contribution in [2.75, 3.05) is 0 Å². The number of aryl methyl sites for hydroxylation is 1. The van der Waals surface area contributed by atoms with Crippen molar-refractivity contribution in [3.05, 3.63) is 38.9 Å². The molecule has 8 nitrogen and oxygen atoms in total. The molecular weight excluding hydrogens is 294 g/mol. The lowest BCUT2D eigenvalue weighted by Crippen LogP contribution is -2.41. The molecule has 22 heavy (non-hydrogen) atoms. The van der Waals surface area contributed by atoms with Crippen LogP contribution in [0.15, 0.2) is 17.7 Å². The van der Waals surface area contributed by atoms with Gasteiger partial charge in [-0.15, -0.1) is 0 Å². The molecule has 1 aliphatic rings. The first kappa shape index (κ1) is 15.5. The molecule has 0 amide bonds. The molecule has 1 N–H and O–H groups in total. The van der Waals surface area contributed by atoms with Crippen LogP contribution in [0.25, 0.3) is 6.08 Å². The molecule has 1 heterocycles. The van der Waals surface area contributed by atoms with Crippen LogP contribution >= 0.6 is 0 Å². The van der Waals surface area contributed by atoms with Gasteiger partial charge in [-0.05, 0) is 19.1 Å². The van der Waals surface area contributed by atoms with Crippen LogP contribution in [0.2, 0.25) is 0 Å². The second-order valence-electron chi connectivity index (χ2n) is 5.19. The highest BCUT2D eigenvalue weighted by Gasteiger charge is 2.39. The van der Waals surface area contributed by atoms with Gasteiger partial charge in [-0.1, -0.05) is 0 Å². The van der Waals surface area contributed by atoms with Crippen molar-refractivity contribution in [1.29, 1.82) is 0 Å². The Labute approximate surface area is 125 Å². The lowest BCUT2D eigenvalue weighted by Gasteiger charge is -2.29. The number of benzene rings is 1. The van der Waals surface area contributed by atoms with Gasteiger partial charge in [0.15, 0.2) is 0 Å². The monoisotopic (exact) mass is 307 g/mol. The van der Waals surface area contributed by atoms with Crippen LogP contribution in [0.5, 0.6) is 5.75 Å². The molecule has 0 radical (unpaired) electrons. The normalized spacial score (nSPS) is 16.8. The first-order valence-electron chi connectivity index (χ1n) is 6.27.